The van der Waals surface area contributed by atoms with Gasteiger partial charge in [0.05, 0.1) is 25.0 Å². The molecule has 2 aromatic carbocycles. The first kappa shape index (κ1) is 13.6. The normalized spacial score (nSPS) is 9.55. The molecule has 3 nitrogen and oxygen atoms in total. The lowest BCUT2D eigenvalue weighted by Crippen LogP contribution is -1.92. The van der Waals surface area contributed by atoms with Crippen molar-refractivity contribution in [3.63, 3.8) is 0 Å². The number of hydrogen-bond donors (Lipinski definition) is 0. The largest absolute Gasteiger partial charge is 0.457 e. The first-order valence-corrected chi connectivity index (χ1v) is 6.02. The number of nitrogens with zero attached hydrogens (tertiary/aromatic N) is 2. The molecule has 0 saturated carbocycles. The summed E-state index contributed by atoms with van der Waals surface area (Å²) < 4.78 is 18.8. The third-order valence-electron chi connectivity index (χ3n) is 2.73. The van der Waals surface area contributed by atoms with E-state index in [2.05, 4.69) is 6.07 Å². The third-order valence-corrected chi connectivity index (χ3v) is 2.73. The molecule has 0 N–H and O–H groups in total. The number of ether oxygens (including phenoxy) is 1. The van der Waals surface area contributed by atoms with E-state index in [1.807, 2.05) is 6.07 Å². The zero-order chi connectivity index (χ0) is 14.4. The van der Waals surface area contributed by atoms with Gasteiger partial charge in [0, 0.05) is 5.56 Å². The molecule has 4 heteroatoms. The Hall–Kier alpha value is -2.85. The zero-order valence-electron chi connectivity index (χ0n) is 10.6. The van der Waals surface area contributed by atoms with Crippen LogP contribution >= 0.6 is 0 Å². The quantitative estimate of drug-likeness (QED) is 0.846. The SMILES string of the molecule is N#CCc1ccc(Oc2ccc(F)cc2CC#N)cc1. The number of halogens is 1. The van der Waals surface area contributed by atoms with Gasteiger partial charge in [-0.3, -0.25) is 0 Å². The van der Waals surface area contributed by atoms with Crippen LogP contribution in [-0.2, 0) is 12.8 Å². The molecule has 0 aliphatic heterocycles. The number of nitriles is 2. The van der Waals surface area contributed by atoms with Gasteiger partial charge in [-0.05, 0) is 35.9 Å². The van der Waals surface area contributed by atoms with E-state index in [0.717, 1.165) is 5.56 Å². The molecule has 0 unspecified atom stereocenters. The number of benzene rings is 2. The van der Waals surface area contributed by atoms with Gasteiger partial charge < -0.3 is 4.74 Å². The molecule has 2 rings (SSSR count). The molecule has 0 aliphatic rings. The van der Waals surface area contributed by atoms with E-state index in [9.17, 15) is 4.39 Å². The van der Waals surface area contributed by atoms with E-state index < -0.39 is 5.82 Å². The van der Waals surface area contributed by atoms with Crippen LogP contribution < -0.4 is 4.74 Å². The van der Waals surface area contributed by atoms with E-state index in [4.69, 9.17) is 15.3 Å². The molecule has 0 saturated heterocycles. The molecule has 0 spiro atoms. The van der Waals surface area contributed by atoms with E-state index in [-0.39, 0.29) is 6.42 Å². The van der Waals surface area contributed by atoms with Crippen molar-refractivity contribution in [2.45, 2.75) is 12.8 Å². The van der Waals surface area contributed by atoms with Crippen molar-refractivity contribution in [2.24, 2.45) is 0 Å². The fraction of sp³-hybridized carbons (Fsp3) is 0.125. The molecular formula is C16H11FN2O. The van der Waals surface area contributed by atoms with Crippen molar-refractivity contribution < 1.29 is 9.13 Å². The summed E-state index contributed by atoms with van der Waals surface area (Å²) in [4.78, 5) is 0. The second-order valence-corrected chi connectivity index (χ2v) is 4.17. The molecule has 0 aromatic heterocycles. The average Bonchev–Trinajstić information content (AvgIpc) is 2.44. The Morgan fingerprint density at radius 2 is 1.65 bits per heavy atom. The maximum absolute atomic E-state index is 13.2. The fourth-order valence-corrected chi connectivity index (χ4v) is 1.76. The molecule has 0 heterocycles. The van der Waals surface area contributed by atoms with Gasteiger partial charge in [-0.25, -0.2) is 4.39 Å². The van der Waals surface area contributed by atoms with Gasteiger partial charge >= 0.3 is 0 Å². The Morgan fingerprint density at radius 3 is 2.30 bits per heavy atom. The highest BCUT2D eigenvalue weighted by molar-refractivity contribution is 5.40. The van der Waals surface area contributed by atoms with E-state index in [1.54, 1.807) is 24.3 Å². The lowest BCUT2D eigenvalue weighted by molar-refractivity contribution is 0.475. The molecule has 0 atom stereocenters. The maximum atomic E-state index is 13.2. The van der Waals surface area contributed by atoms with Gasteiger partial charge in [0.1, 0.15) is 17.3 Å². The Bertz CT molecular complexity index is 681. The highest BCUT2D eigenvalue weighted by atomic mass is 19.1. The van der Waals surface area contributed by atoms with Crippen LogP contribution in [0.5, 0.6) is 11.5 Å². The van der Waals surface area contributed by atoms with Crippen LogP contribution in [0, 0.1) is 28.5 Å². The molecule has 0 bridgehead atoms. The summed E-state index contributed by atoms with van der Waals surface area (Å²) in [6.45, 7) is 0. The second kappa shape index (κ2) is 6.36. The lowest BCUT2D eigenvalue weighted by Gasteiger charge is -2.09. The van der Waals surface area contributed by atoms with Crippen molar-refractivity contribution >= 4 is 0 Å². The van der Waals surface area contributed by atoms with E-state index in [0.29, 0.717) is 23.5 Å². The summed E-state index contributed by atoms with van der Waals surface area (Å²) in [5.41, 5.74) is 1.41. The van der Waals surface area contributed by atoms with Crippen molar-refractivity contribution in [3.8, 4) is 23.6 Å². The van der Waals surface area contributed by atoms with Gasteiger partial charge in [-0.2, -0.15) is 10.5 Å². The molecule has 2 aromatic rings. The van der Waals surface area contributed by atoms with Crippen LogP contribution in [0.3, 0.4) is 0 Å². The number of rotatable bonds is 4. The van der Waals surface area contributed by atoms with E-state index >= 15 is 0 Å². The monoisotopic (exact) mass is 266 g/mol. The van der Waals surface area contributed by atoms with Gasteiger partial charge in [-0.15, -0.1) is 0 Å². The third kappa shape index (κ3) is 3.34. The van der Waals surface area contributed by atoms with Gasteiger partial charge in [0.25, 0.3) is 0 Å². The lowest BCUT2D eigenvalue weighted by atomic mass is 10.1. The average molecular weight is 266 g/mol. The highest BCUT2D eigenvalue weighted by Gasteiger charge is 2.06. The van der Waals surface area contributed by atoms with Crippen LogP contribution in [0.4, 0.5) is 4.39 Å². The van der Waals surface area contributed by atoms with Crippen LogP contribution in [-0.4, -0.2) is 0 Å². The minimum absolute atomic E-state index is 0.0829. The molecular weight excluding hydrogens is 255 g/mol. The van der Waals surface area contributed by atoms with E-state index in [1.165, 1.54) is 18.2 Å². The van der Waals surface area contributed by atoms with Crippen molar-refractivity contribution in [1.82, 2.24) is 0 Å². The summed E-state index contributed by atoms with van der Waals surface area (Å²) in [5.74, 6) is 0.644. The number of hydrogen-bond acceptors (Lipinski definition) is 3. The van der Waals surface area contributed by atoms with Crippen molar-refractivity contribution in [2.75, 3.05) is 0 Å². The van der Waals surface area contributed by atoms with Crippen LogP contribution in [0.25, 0.3) is 0 Å². The van der Waals surface area contributed by atoms with Crippen LogP contribution in [0.1, 0.15) is 11.1 Å². The van der Waals surface area contributed by atoms with Gasteiger partial charge in [-0.1, -0.05) is 12.1 Å². The summed E-state index contributed by atoms with van der Waals surface area (Å²) >= 11 is 0. The molecule has 0 fully saturated rings. The minimum Gasteiger partial charge on any atom is -0.457 e. The van der Waals surface area contributed by atoms with Crippen molar-refractivity contribution in [1.29, 1.82) is 10.5 Å². The smallest absolute Gasteiger partial charge is 0.131 e. The Balaban J connectivity index is 2.21. The zero-order valence-corrected chi connectivity index (χ0v) is 10.6. The fourth-order valence-electron chi connectivity index (χ4n) is 1.76. The second-order valence-electron chi connectivity index (χ2n) is 4.17. The summed E-state index contributed by atoms with van der Waals surface area (Å²) in [6.07, 6.45) is 0.427. The van der Waals surface area contributed by atoms with Crippen molar-refractivity contribution in [3.05, 3.63) is 59.4 Å². The standard InChI is InChI=1S/C16H11FN2O/c17-14-3-6-16(13(11-14)8-10-19)20-15-4-1-12(2-5-15)7-9-18/h1-6,11H,7-8H2. The predicted molar refractivity (Wildman–Crippen MR) is 71.6 cm³/mol. The molecule has 20 heavy (non-hydrogen) atoms. The summed E-state index contributed by atoms with van der Waals surface area (Å²) in [6, 6.07) is 15.2. The van der Waals surface area contributed by atoms with Crippen LogP contribution in [0.15, 0.2) is 42.5 Å². The molecule has 0 aliphatic carbocycles. The summed E-state index contributed by atoms with van der Waals surface area (Å²) in [7, 11) is 0. The Kier molecular flexibility index (Phi) is 4.32. The molecule has 0 radical (unpaired) electrons. The highest BCUT2D eigenvalue weighted by Crippen LogP contribution is 2.26. The maximum Gasteiger partial charge on any atom is 0.131 e. The Morgan fingerprint density at radius 1 is 0.950 bits per heavy atom. The topological polar surface area (TPSA) is 56.8 Å². The predicted octanol–water partition coefficient (Wildman–Crippen LogP) is 3.75. The van der Waals surface area contributed by atoms with Gasteiger partial charge in [0.15, 0.2) is 0 Å². The minimum atomic E-state index is -0.396. The first-order valence-electron chi connectivity index (χ1n) is 6.02. The van der Waals surface area contributed by atoms with Gasteiger partial charge in [0.2, 0.25) is 0 Å². The Labute approximate surface area is 116 Å². The molecule has 98 valence electrons. The first-order chi connectivity index (χ1) is 9.72. The molecule has 0 amide bonds. The summed E-state index contributed by atoms with van der Waals surface area (Å²) in [5, 5.41) is 17.3. The van der Waals surface area contributed by atoms with Crippen LogP contribution in [0.2, 0.25) is 0 Å².